The fourth-order valence-electron chi connectivity index (χ4n) is 1.64. The fraction of sp³-hybridized carbons (Fsp3) is 0.600. The van der Waals surface area contributed by atoms with E-state index in [0.717, 1.165) is 0 Å². The smallest absolute Gasteiger partial charge is 0.321 e. The summed E-state index contributed by atoms with van der Waals surface area (Å²) in [6.07, 6.45) is 3.13. The highest BCUT2D eigenvalue weighted by atomic mass is 16.6. The van der Waals surface area contributed by atoms with Gasteiger partial charge < -0.3 is 19.6 Å². The van der Waals surface area contributed by atoms with Gasteiger partial charge >= 0.3 is 5.97 Å². The highest BCUT2D eigenvalue weighted by Crippen LogP contribution is 2.03. The van der Waals surface area contributed by atoms with Gasteiger partial charge in [0.2, 0.25) is 0 Å². The first kappa shape index (κ1) is 12.0. The van der Waals surface area contributed by atoms with Crippen LogP contribution in [-0.2, 0) is 20.7 Å². The number of nitrogens with zero attached hydrogens (tertiary/aromatic N) is 1. The average Bonchev–Trinajstić information content (AvgIpc) is 2.82. The fourth-order valence-corrected chi connectivity index (χ4v) is 1.64. The van der Waals surface area contributed by atoms with E-state index in [0.29, 0.717) is 31.9 Å². The lowest BCUT2D eigenvalue weighted by molar-refractivity contribution is -0.144. The molecule has 0 amide bonds. The maximum absolute atomic E-state index is 11.1. The summed E-state index contributed by atoms with van der Waals surface area (Å²) in [6.45, 7) is 1.39. The third-order valence-electron chi connectivity index (χ3n) is 2.47. The second-order valence-corrected chi connectivity index (χ2v) is 3.76. The minimum atomic E-state index is -0.929. The lowest BCUT2D eigenvalue weighted by Crippen LogP contribution is -2.50. The maximum Gasteiger partial charge on any atom is 0.321 e. The van der Waals surface area contributed by atoms with Gasteiger partial charge in [-0.1, -0.05) is 0 Å². The Morgan fingerprint density at radius 3 is 3.18 bits per heavy atom. The molecule has 0 spiro atoms. The van der Waals surface area contributed by atoms with E-state index < -0.39 is 12.0 Å². The van der Waals surface area contributed by atoms with Crippen molar-refractivity contribution in [3.05, 3.63) is 18.2 Å². The van der Waals surface area contributed by atoms with Gasteiger partial charge in [-0.05, 0) is 0 Å². The van der Waals surface area contributed by atoms with E-state index in [1.807, 2.05) is 0 Å². The summed E-state index contributed by atoms with van der Waals surface area (Å²) in [4.78, 5) is 17.9. The van der Waals surface area contributed by atoms with Crippen LogP contribution in [0.3, 0.4) is 0 Å². The number of ether oxygens (including phenoxy) is 2. The summed E-state index contributed by atoms with van der Waals surface area (Å²) >= 11 is 0. The maximum atomic E-state index is 11.1. The van der Waals surface area contributed by atoms with Crippen LogP contribution in [0.25, 0.3) is 0 Å². The van der Waals surface area contributed by atoms with E-state index in [2.05, 4.69) is 15.3 Å². The van der Waals surface area contributed by atoms with Gasteiger partial charge in [0.15, 0.2) is 0 Å². The number of H-pyrrole nitrogens is 1. The third-order valence-corrected chi connectivity index (χ3v) is 2.47. The summed E-state index contributed by atoms with van der Waals surface area (Å²) in [5.41, 5.74) is 0.696. The molecule has 3 N–H and O–H groups in total. The molecule has 0 radical (unpaired) electrons. The van der Waals surface area contributed by atoms with Crippen LogP contribution in [0.4, 0.5) is 0 Å². The highest BCUT2D eigenvalue weighted by Gasteiger charge is 2.24. The molecular formula is C10H15N3O4. The zero-order valence-corrected chi connectivity index (χ0v) is 9.26. The van der Waals surface area contributed by atoms with Gasteiger partial charge in [0.25, 0.3) is 0 Å². The first-order chi connectivity index (χ1) is 8.25. The van der Waals surface area contributed by atoms with Gasteiger partial charge in [0.05, 0.1) is 31.8 Å². The van der Waals surface area contributed by atoms with Crippen LogP contribution in [0.1, 0.15) is 5.69 Å². The first-order valence-electron chi connectivity index (χ1n) is 5.41. The predicted octanol–water partition coefficient (Wildman–Crippen LogP) is -0.632. The molecule has 7 nitrogen and oxygen atoms in total. The lowest BCUT2D eigenvalue weighted by atomic mass is 10.1. The van der Waals surface area contributed by atoms with Crippen molar-refractivity contribution in [3.8, 4) is 0 Å². The lowest BCUT2D eigenvalue weighted by Gasteiger charge is -2.26. The van der Waals surface area contributed by atoms with Crippen LogP contribution in [0, 0.1) is 0 Å². The van der Waals surface area contributed by atoms with Gasteiger partial charge in [-0.25, -0.2) is 4.98 Å². The number of aromatic nitrogens is 2. The molecule has 1 saturated heterocycles. The topological polar surface area (TPSA) is 96.5 Å². The Labute approximate surface area is 98.1 Å². The number of aromatic amines is 1. The number of hydrogen-bond donors (Lipinski definition) is 3. The Bertz CT molecular complexity index is 348. The van der Waals surface area contributed by atoms with Gasteiger partial charge in [-0.3, -0.25) is 10.1 Å². The number of aliphatic carboxylic acids is 1. The van der Waals surface area contributed by atoms with Crippen molar-refractivity contribution in [2.75, 3.05) is 19.8 Å². The molecule has 0 bridgehead atoms. The van der Waals surface area contributed by atoms with Crippen molar-refractivity contribution in [2.24, 2.45) is 0 Å². The molecule has 2 heterocycles. The van der Waals surface area contributed by atoms with E-state index in [-0.39, 0.29) is 6.23 Å². The molecule has 1 aliphatic rings. The van der Waals surface area contributed by atoms with E-state index in [9.17, 15) is 4.79 Å². The predicted molar refractivity (Wildman–Crippen MR) is 57.4 cm³/mol. The quantitative estimate of drug-likeness (QED) is 0.635. The zero-order valence-electron chi connectivity index (χ0n) is 9.26. The molecule has 94 valence electrons. The van der Waals surface area contributed by atoms with Crippen LogP contribution in [-0.4, -0.2) is 53.1 Å². The van der Waals surface area contributed by atoms with Crippen LogP contribution in [0.5, 0.6) is 0 Å². The number of hydrogen-bond acceptors (Lipinski definition) is 5. The second-order valence-electron chi connectivity index (χ2n) is 3.76. The third kappa shape index (κ3) is 3.52. The van der Waals surface area contributed by atoms with Crippen LogP contribution in [0.2, 0.25) is 0 Å². The summed E-state index contributed by atoms with van der Waals surface area (Å²) < 4.78 is 10.5. The van der Waals surface area contributed by atoms with Crippen LogP contribution in [0.15, 0.2) is 12.5 Å². The number of nitrogens with one attached hydrogen (secondary N) is 2. The first-order valence-corrected chi connectivity index (χ1v) is 5.41. The molecule has 1 fully saturated rings. The number of carbonyl (C=O) groups is 1. The molecule has 0 aromatic carbocycles. The molecule has 2 rings (SSSR count). The molecule has 0 aliphatic carbocycles. The molecule has 7 heteroatoms. The monoisotopic (exact) mass is 241 g/mol. The van der Waals surface area contributed by atoms with Gasteiger partial charge in [-0.2, -0.15) is 0 Å². The van der Waals surface area contributed by atoms with Crippen molar-refractivity contribution < 1.29 is 19.4 Å². The highest BCUT2D eigenvalue weighted by molar-refractivity contribution is 5.73. The zero-order chi connectivity index (χ0) is 12.1. The molecule has 1 aliphatic heterocycles. The Hall–Kier alpha value is -1.44. The summed E-state index contributed by atoms with van der Waals surface area (Å²) in [6, 6.07) is -0.731. The summed E-state index contributed by atoms with van der Waals surface area (Å²) in [5, 5.41) is 12.0. The number of rotatable bonds is 5. The number of carboxylic acids is 1. The van der Waals surface area contributed by atoms with Crippen LogP contribution < -0.4 is 5.32 Å². The number of carboxylic acid groups (broad SMARTS) is 1. The molecular weight excluding hydrogens is 226 g/mol. The van der Waals surface area contributed by atoms with Crippen molar-refractivity contribution >= 4 is 5.97 Å². The van der Waals surface area contributed by atoms with Gasteiger partial charge in [0.1, 0.15) is 12.3 Å². The van der Waals surface area contributed by atoms with Crippen LogP contribution >= 0.6 is 0 Å². The molecule has 1 unspecified atom stereocenters. The number of imidazole rings is 1. The Morgan fingerprint density at radius 1 is 1.71 bits per heavy atom. The molecule has 17 heavy (non-hydrogen) atoms. The Balaban J connectivity index is 1.90. The van der Waals surface area contributed by atoms with Crippen molar-refractivity contribution in [2.45, 2.75) is 18.7 Å². The Kier molecular flexibility index (Phi) is 4.08. The molecule has 1 aromatic rings. The summed E-state index contributed by atoms with van der Waals surface area (Å²) in [7, 11) is 0. The van der Waals surface area contributed by atoms with Gasteiger partial charge in [0, 0.05) is 12.6 Å². The second kappa shape index (κ2) is 5.76. The van der Waals surface area contributed by atoms with Gasteiger partial charge in [-0.15, -0.1) is 0 Å². The van der Waals surface area contributed by atoms with Crippen molar-refractivity contribution in [3.63, 3.8) is 0 Å². The molecule has 2 atom stereocenters. The minimum absolute atomic E-state index is 0.304. The standard InChI is InChI=1S/C10H15N3O4/c14-10(15)8(3-7-4-11-6-12-7)13-9-5-16-1-2-17-9/h4,6,8-9,13H,1-3,5H2,(H,11,12)(H,14,15)/t8-,9?/m0/s1. The molecule has 1 aromatic heterocycles. The van der Waals surface area contributed by atoms with E-state index in [4.69, 9.17) is 14.6 Å². The van der Waals surface area contributed by atoms with Crippen molar-refractivity contribution in [1.82, 2.24) is 15.3 Å². The van der Waals surface area contributed by atoms with E-state index in [1.54, 1.807) is 6.20 Å². The van der Waals surface area contributed by atoms with Crippen molar-refractivity contribution in [1.29, 1.82) is 0 Å². The average molecular weight is 241 g/mol. The SMILES string of the molecule is O=C(O)[C@H](Cc1c[nH]cn1)NC1COCCO1. The molecule has 0 saturated carbocycles. The Morgan fingerprint density at radius 2 is 2.59 bits per heavy atom. The normalized spacial score (nSPS) is 22.2. The summed E-state index contributed by atoms with van der Waals surface area (Å²) in [5.74, 6) is -0.929. The van der Waals surface area contributed by atoms with E-state index >= 15 is 0 Å². The largest absolute Gasteiger partial charge is 0.480 e. The minimum Gasteiger partial charge on any atom is -0.480 e. The van der Waals surface area contributed by atoms with E-state index in [1.165, 1.54) is 6.33 Å².